The largest absolute Gasteiger partial charge is 0.480 e. The molecule has 1 atom stereocenters. The van der Waals surface area contributed by atoms with Gasteiger partial charge < -0.3 is 10.4 Å². The Kier molecular flexibility index (Phi) is 9.36. The molecule has 2 aromatic rings. The Morgan fingerprint density at radius 2 is 1.66 bits per heavy atom. The molecule has 3 rings (SSSR count). The van der Waals surface area contributed by atoms with Gasteiger partial charge in [0.25, 0.3) is 5.91 Å². The van der Waals surface area contributed by atoms with E-state index in [4.69, 9.17) is 28.2 Å². The minimum atomic E-state index is -1.06. The Bertz CT molecular complexity index is 929. The average Bonchev–Trinajstić information content (AvgIpc) is 2.77. The number of fused-ring (bicyclic) bond motifs is 1. The molecule has 0 radical (unpaired) electrons. The van der Waals surface area contributed by atoms with Gasteiger partial charge >= 0.3 is 5.97 Å². The third-order valence-corrected chi connectivity index (χ3v) is 6.58. The maximum Gasteiger partial charge on any atom is 0.326 e. The molecule has 1 aliphatic rings. The summed E-state index contributed by atoms with van der Waals surface area (Å²) in [6.45, 7) is 0. The van der Waals surface area contributed by atoms with Crippen molar-refractivity contribution in [2.45, 2.75) is 76.7 Å². The van der Waals surface area contributed by atoms with Crippen molar-refractivity contribution in [1.82, 2.24) is 10.3 Å². The van der Waals surface area contributed by atoms with Gasteiger partial charge in [-0.15, -0.1) is 0 Å². The quantitative estimate of drug-likeness (QED) is 0.387. The van der Waals surface area contributed by atoms with E-state index >= 15 is 0 Å². The minimum Gasteiger partial charge on any atom is -0.480 e. The van der Waals surface area contributed by atoms with Crippen LogP contribution in [0.5, 0.6) is 0 Å². The fraction of sp³-hybridized carbons (Fsp3) is 0.480. The third kappa shape index (κ3) is 6.94. The number of aromatic nitrogens is 1. The Morgan fingerprint density at radius 3 is 2.41 bits per heavy atom. The number of nitrogens with zero attached hydrogens (tertiary/aromatic N) is 1. The van der Waals surface area contributed by atoms with Gasteiger partial charge in [0.15, 0.2) is 0 Å². The predicted molar refractivity (Wildman–Crippen MR) is 128 cm³/mol. The summed E-state index contributed by atoms with van der Waals surface area (Å²) in [7, 11) is 0. The number of aryl methyl sites for hydroxylation is 3. The summed E-state index contributed by atoms with van der Waals surface area (Å²) in [5, 5.41) is 12.4. The van der Waals surface area contributed by atoms with Crippen LogP contribution in [0.2, 0.25) is 10.0 Å². The molecule has 0 bridgehead atoms. The Balaban J connectivity index is 1.36. The minimum absolute atomic E-state index is 0.109. The molecule has 0 spiro atoms. The highest BCUT2D eigenvalue weighted by molar-refractivity contribution is 6.39. The summed E-state index contributed by atoms with van der Waals surface area (Å²) in [5.74, 6) is -1.62. The van der Waals surface area contributed by atoms with Gasteiger partial charge in [-0.2, -0.15) is 0 Å². The van der Waals surface area contributed by atoms with Crippen LogP contribution in [0.15, 0.2) is 30.3 Å². The molecule has 7 heteroatoms. The van der Waals surface area contributed by atoms with Crippen LogP contribution in [0.3, 0.4) is 0 Å². The third-order valence-electron chi connectivity index (χ3n) is 5.95. The van der Waals surface area contributed by atoms with Gasteiger partial charge in [0.1, 0.15) is 6.04 Å². The Hall–Kier alpha value is -2.11. The van der Waals surface area contributed by atoms with Gasteiger partial charge in [0, 0.05) is 11.4 Å². The molecular weight excluding hydrogens is 447 g/mol. The smallest absolute Gasteiger partial charge is 0.326 e. The lowest BCUT2D eigenvalue weighted by molar-refractivity contribution is -0.139. The molecule has 0 fully saturated rings. The molecule has 1 amide bonds. The number of rotatable bonds is 11. The van der Waals surface area contributed by atoms with Crippen molar-refractivity contribution in [3.05, 3.63) is 62.9 Å². The molecule has 1 heterocycles. The second-order valence-corrected chi connectivity index (χ2v) is 9.20. The van der Waals surface area contributed by atoms with E-state index in [1.165, 1.54) is 29.8 Å². The Labute approximate surface area is 199 Å². The van der Waals surface area contributed by atoms with Crippen LogP contribution < -0.4 is 5.32 Å². The van der Waals surface area contributed by atoms with Crippen LogP contribution in [0.25, 0.3) is 0 Å². The number of benzene rings is 1. The number of hydrogen-bond donors (Lipinski definition) is 2. The van der Waals surface area contributed by atoms with E-state index in [9.17, 15) is 14.7 Å². The molecule has 1 aliphatic carbocycles. The predicted octanol–water partition coefficient (Wildman–Crippen LogP) is 6.03. The summed E-state index contributed by atoms with van der Waals surface area (Å²) >= 11 is 12.1. The highest BCUT2D eigenvalue weighted by Gasteiger charge is 2.23. The van der Waals surface area contributed by atoms with Crippen LogP contribution >= 0.6 is 23.2 Å². The summed E-state index contributed by atoms with van der Waals surface area (Å²) in [6.07, 6.45) is 11.0. The van der Waals surface area contributed by atoms with Crippen molar-refractivity contribution in [2.75, 3.05) is 0 Å². The fourth-order valence-corrected chi connectivity index (χ4v) is 4.72. The maximum absolute atomic E-state index is 12.5. The second kappa shape index (κ2) is 12.2. The lowest BCUT2D eigenvalue weighted by Crippen LogP contribution is -2.41. The zero-order chi connectivity index (χ0) is 22.9. The van der Waals surface area contributed by atoms with E-state index in [0.29, 0.717) is 6.42 Å². The molecular formula is C25H30Cl2N2O3. The van der Waals surface area contributed by atoms with Crippen LogP contribution in [0.4, 0.5) is 0 Å². The highest BCUT2D eigenvalue weighted by atomic mass is 35.5. The van der Waals surface area contributed by atoms with Gasteiger partial charge in [-0.05, 0) is 68.7 Å². The molecule has 0 saturated carbocycles. The number of unbranched alkanes of at least 4 members (excludes halogenated alkanes) is 4. The summed E-state index contributed by atoms with van der Waals surface area (Å²) in [6, 6.07) is 8.19. The van der Waals surface area contributed by atoms with Crippen molar-refractivity contribution in [3.63, 3.8) is 0 Å². The first-order chi connectivity index (χ1) is 15.5. The molecule has 2 N–H and O–H groups in total. The van der Waals surface area contributed by atoms with Crippen molar-refractivity contribution in [1.29, 1.82) is 0 Å². The van der Waals surface area contributed by atoms with E-state index in [2.05, 4.69) is 17.4 Å². The standard InChI is InChI=1S/C25H30Cl2N2O3/c26-19-11-8-12-20(27)23(19)24(30)29-22(25(31)32)14-5-3-1-2-4-10-18-16-15-17-9-6-7-13-21(17)28-18/h8,11-12,15-16,22H,1-7,9-10,13-14H2,(H,29,30)(H,31,32). The average molecular weight is 477 g/mol. The molecule has 1 unspecified atom stereocenters. The first-order valence-electron chi connectivity index (χ1n) is 11.4. The van der Waals surface area contributed by atoms with Crippen molar-refractivity contribution < 1.29 is 14.7 Å². The van der Waals surface area contributed by atoms with Crippen LogP contribution in [-0.4, -0.2) is 28.0 Å². The SMILES string of the molecule is O=C(NC(CCCCCCCc1ccc2c(n1)CCCC2)C(=O)O)c1c(Cl)cccc1Cl. The molecule has 1 aromatic heterocycles. The number of carboxylic acid groups (broad SMARTS) is 1. The van der Waals surface area contributed by atoms with Gasteiger partial charge in [-0.1, -0.05) is 61.0 Å². The molecule has 0 saturated heterocycles. The first kappa shape index (κ1) is 24.5. The first-order valence-corrected chi connectivity index (χ1v) is 12.2. The second-order valence-electron chi connectivity index (χ2n) is 8.38. The summed E-state index contributed by atoms with van der Waals surface area (Å²) < 4.78 is 0. The van der Waals surface area contributed by atoms with Crippen LogP contribution in [0, 0.1) is 0 Å². The number of carbonyl (C=O) groups excluding carboxylic acids is 1. The number of pyridine rings is 1. The lowest BCUT2D eigenvalue weighted by Gasteiger charge is -2.16. The van der Waals surface area contributed by atoms with Gasteiger partial charge in [0.05, 0.1) is 15.6 Å². The zero-order valence-electron chi connectivity index (χ0n) is 18.2. The monoisotopic (exact) mass is 476 g/mol. The number of carboxylic acids is 1. The van der Waals surface area contributed by atoms with E-state index in [0.717, 1.165) is 51.4 Å². The van der Waals surface area contributed by atoms with Crippen molar-refractivity contribution in [3.8, 4) is 0 Å². The highest BCUT2D eigenvalue weighted by Crippen LogP contribution is 2.24. The van der Waals surface area contributed by atoms with E-state index < -0.39 is 17.9 Å². The fourth-order valence-electron chi connectivity index (χ4n) is 4.15. The number of halogens is 2. The molecule has 32 heavy (non-hydrogen) atoms. The number of amides is 1. The Morgan fingerprint density at radius 1 is 0.969 bits per heavy atom. The summed E-state index contributed by atoms with van der Waals surface area (Å²) in [4.78, 5) is 28.9. The number of aliphatic carboxylic acids is 1. The molecule has 1 aromatic carbocycles. The van der Waals surface area contributed by atoms with Crippen LogP contribution in [-0.2, 0) is 24.1 Å². The van der Waals surface area contributed by atoms with Crippen molar-refractivity contribution >= 4 is 35.1 Å². The van der Waals surface area contributed by atoms with E-state index in [-0.39, 0.29) is 15.6 Å². The van der Waals surface area contributed by atoms with Gasteiger partial charge in [-0.3, -0.25) is 9.78 Å². The molecule has 0 aliphatic heterocycles. The normalized spacial score (nSPS) is 13.9. The van der Waals surface area contributed by atoms with E-state index in [1.54, 1.807) is 18.2 Å². The van der Waals surface area contributed by atoms with Gasteiger partial charge in [0.2, 0.25) is 0 Å². The topological polar surface area (TPSA) is 79.3 Å². The van der Waals surface area contributed by atoms with Crippen LogP contribution in [0.1, 0.15) is 78.7 Å². The maximum atomic E-state index is 12.5. The number of nitrogens with one attached hydrogen (secondary N) is 1. The van der Waals surface area contributed by atoms with E-state index in [1.807, 2.05) is 0 Å². The molecule has 172 valence electrons. The summed E-state index contributed by atoms with van der Waals surface area (Å²) in [5.41, 5.74) is 3.99. The number of hydrogen-bond acceptors (Lipinski definition) is 3. The zero-order valence-corrected chi connectivity index (χ0v) is 19.7. The van der Waals surface area contributed by atoms with Crippen molar-refractivity contribution in [2.24, 2.45) is 0 Å². The number of carbonyl (C=O) groups is 2. The lowest BCUT2D eigenvalue weighted by atomic mass is 9.95. The van der Waals surface area contributed by atoms with Gasteiger partial charge in [-0.25, -0.2) is 4.79 Å². The molecule has 5 nitrogen and oxygen atoms in total.